The molecule has 0 unspecified atom stereocenters. The fraction of sp³-hybridized carbons (Fsp3) is 0.143. The van der Waals surface area contributed by atoms with Crippen molar-refractivity contribution in [1.82, 2.24) is 0 Å². The van der Waals surface area contributed by atoms with Gasteiger partial charge < -0.3 is 10.5 Å². The van der Waals surface area contributed by atoms with Crippen LogP contribution in [0.5, 0.6) is 5.75 Å². The molecule has 0 aliphatic carbocycles. The third-order valence-corrected chi connectivity index (χ3v) is 4.62. The van der Waals surface area contributed by atoms with Gasteiger partial charge in [-0.25, -0.2) is 0 Å². The van der Waals surface area contributed by atoms with Crippen LogP contribution in [0.2, 0.25) is 10.0 Å². The van der Waals surface area contributed by atoms with Crippen LogP contribution in [0.4, 0.5) is 5.69 Å². The maximum Gasteiger partial charge on any atom is 0.133 e. The second-order valence-electron chi connectivity index (χ2n) is 3.95. The van der Waals surface area contributed by atoms with Crippen molar-refractivity contribution in [2.45, 2.75) is 4.90 Å². The first kappa shape index (κ1) is 15.8. The minimum atomic E-state index is 0.580. The topological polar surface area (TPSA) is 35.2 Å². The normalized spacial score (nSPS) is 10.6. The first-order valence-corrected chi connectivity index (χ1v) is 8.35. The Morgan fingerprint density at radius 2 is 1.95 bits per heavy atom. The average molecular weight is 393 g/mol. The van der Waals surface area contributed by atoms with Gasteiger partial charge in [-0.1, -0.05) is 23.2 Å². The van der Waals surface area contributed by atoms with E-state index in [2.05, 4.69) is 15.9 Å². The molecule has 0 amide bonds. The summed E-state index contributed by atoms with van der Waals surface area (Å²) in [5.41, 5.74) is 6.26. The van der Waals surface area contributed by atoms with Crippen LogP contribution >= 0.6 is 50.9 Å². The number of hydrogen-bond acceptors (Lipinski definition) is 3. The van der Waals surface area contributed by atoms with Crippen LogP contribution in [0.15, 0.2) is 45.8 Å². The van der Waals surface area contributed by atoms with Gasteiger partial charge in [0, 0.05) is 15.7 Å². The molecule has 2 nitrogen and oxygen atoms in total. The first-order valence-electron chi connectivity index (χ1n) is 5.82. The molecule has 0 radical (unpaired) electrons. The summed E-state index contributed by atoms with van der Waals surface area (Å²) in [5.74, 6) is 1.60. The van der Waals surface area contributed by atoms with E-state index in [1.165, 1.54) is 0 Å². The minimum Gasteiger partial charge on any atom is -0.492 e. The number of halogens is 3. The standard InChI is InChI=1S/C14H12BrCl2NOS/c15-11-7-9(16)1-4-14(11)19-5-6-20-10-2-3-13(18)12(17)8-10/h1-4,7-8H,5-6,18H2. The molecule has 2 aromatic rings. The van der Waals surface area contributed by atoms with Crippen molar-refractivity contribution in [3.63, 3.8) is 0 Å². The van der Waals surface area contributed by atoms with Crippen LogP contribution < -0.4 is 10.5 Å². The minimum absolute atomic E-state index is 0.580. The number of hydrogen-bond donors (Lipinski definition) is 1. The zero-order chi connectivity index (χ0) is 14.5. The van der Waals surface area contributed by atoms with E-state index in [-0.39, 0.29) is 0 Å². The van der Waals surface area contributed by atoms with Gasteiger partial charge in [-0.05, 0) is 52.3 Å². The van der Waals surface area contributed by atoms with E-state index in [0.717, 1.165) is 20.9 Å². The third kappa shape index (κ3) is 4.48. The van der Waals surface area contributed by atoms with Gasteiger partial charge in [0.2, 0.25) is 0 Å². The van der Waals surface area contributed by atoms with Crippen LogP contribution in [0.1, 0.15) is 0 Å². The second kappa shape index (κ2) is 7.46. The number of benzene rings is 2. The molecular weight excluding hydrogens is 381 g/mol. The first-order chi connectivity index (χ1) is 9.56. The summed E-state index contributed by atoms with van der Waals surface area (Å²) in [6.45, 7) is 0.590. The van der Waals surface area contributed by atoms with Crippen LogP contribution in [0.3, 0.4) is 0 Å². The lowest BCUT2D eigenvalue weighted by atomic mass is 10.3. The van der Waals surface area contributed by atoms with E-state index >= 15 is 0 Å². The number of thioether (sulfide) groups is 1. The molecule has 0 atom stereocenters. The molecule has 0 aliphatic heterocycles. The summed E-state index contributed by atoms with van der Waals surface area (Å²) in [4.78, 5) is 1.07. The molecule has 0 saturated carbocycles. The van der Waals surface area contributed by atoms with Gasteiger partial charge in [0.25, 0.3) is 0 Å². The highest BCUT2D eigenvalue weighted by molar-refractivity contribution is 9.10. The summed E-state index contributed by atoms with van der Waals surface area (Å²) in [5, 5.41) is 1.26. The molecule has 0 bridgehead atoms. The van der Waals surface area contributed by atoms with Crippen LogP contribution in [0.25, 0.3) is 0 Å². The number of ether oxygens (including phenoxy) is 1. The van der Waals surface area contributed by atoms with Crippen molar-refractivity contribution in [3.05, 3.63) is 50.9 Å². The molecule has 2 N–H and O–H groups in total. The summed E-state index contributed by atoms with van der Waals surface area (Å²) < 4.78 is 6.54. The highest BCUT2D eigenvalue weighted by Gasteiger charge is 2.03. The number of rotatable bonds is 5. The van der Waals surface area contributed by atoms with Crippen molar-refractivity contribution in [2.24, 2.45) is 0 Å². The van der Waals surface area contributed by atoms with Gasteiger partial charge >= 0.3 is 0 Å². The Bertz CT molecular complexity index is 610. The summed E-state index contributed by atoms with van der Waals surface area (Å²) in [7, 11) is 0. The maximum atomic E-state index is 5.97. The Balaban J connectivity index is 1.82. The van der Waals surface area contributed by atoms with Crippen molar-refractivity contribution >= 4 is 56.6 Å². The largest absolute Gasteiger partial charge is 0.492 e. The zero-order valence-corrected chi connectivity index (χ0v) is 14.3. The molecule has 0 spiro atoms. The molecule has 6 heteroatoms. The quantitative estimate of drug-likeness (QED) is 0.414. The Labute approximate surface area is 140 Å². The van der Waals surface area contributed by atoms with Gasteiger partial charge in [-0.3, -0.25) is 0 Å². The molecule has 106 valence electrons. The SMILES string of the molecule is Nc1ccc(SCCOc2ccc(Cl)cc2Br)cc1Cl. The number of nitrogen functional groups attached to an aromatic ring is 1. The van der Waals surface area contributed by atoms with Gasteiger partial charge in [-0.2, -0.15) is 0 Å². The van der Waals surface area contributed by atoms with Crippen molar-refractivity contribution in [3.8, 4) is 5.75 Å². The van der Waals surface area contributed by atoms with E-state index in [0.29, 0.717) is 22.3 Å². The van der Waals surface area contributed by atoms with Crippen molar-refractivity contribution in [1.29, 1.82) is 0 Å². The fourth-order valence-electron chi connectivity index (χ4n) is 1.50. The van der Waals surface area contributed by atoms with E-state index < -0.39 is 0 Å². The zero-order valence-electron chi connectivity index (χ0n) is 10.4. The van der Waals surface area contributed by atoms with Crippen molar-refractivity contribution in [2.75, 3.05) is 18.1 Å². The fourth-order valence-corrected chi connectivity index (χ4v) is 3.31. The molecular formula is C14H12BrCl2NOS. The van der Waals surface area contributed by atoms with Gasteiger partial charge in [0.05, 0.1) is 21.8 Å². The van der Waals surface area contributed by atoms with E-state index in [4.69, 9.17) is 33.7 Å². The molecule has 0 aromatic heterocycles. The number of anilines is 1. The van der Waals surface area contributed by atoms with Crippen LogP contribution in [0, 0.1) is 0 Å². The van der Waals surface area contributed by atoms with Crippen LogP contribution in [-0.2, 0) is 0 Å². The van der Waals surface area contributed by atoms with Gasteiger partial charge in [0.15, 0.2) is 0 Å². The summed E-state index contributed by atoms with van der Waals surface area (Å²) >= 11 is 16.9. The predicted octanol–water partition coefficient (Wildman–Crippen LogP) is 5.51. The van der Waals surface area contributed by atoms with E-state index in [9.17, 15) is 0 Å². The Kier molecular flexibility index (Phi) is 5.90. The summed E-state index contributed by atoms with van der Waals surface area (Å²) in [6, 6.07) is 11.1. The molecule has 0 saturated heterocycles. The maximum absolute atomic E-state index is 5.97. The Morgan fingerprint density at radius 1 is 1.15 bits per heavy atom. The second-order valence-corrected chi connectivity index (χ2v) is 6.82. The lowest BCUT2D eigenvalue weighted by Gasteiger charge is -2.08. The molecule has 20 heavy (non-hydrogen) atoms. The Morgan fingerprint density at radius 3 is 2.65 bits per heavy atom. The molecule has 2 rings (SSSR count). The number of nitrogens with two attached hydrogens (primary N) is 1. The molecule has 0 fully saturated rings. The van der Waals surface area contributed by atoms with E-state index in [1.807, 2.05) is 24.3 Å². The van der Waals surface area contributed by atoms with E-state index in [1.54, 1.807) is 23.9 Å². The molecule has 2 aromatic carbocycles. The smallest absolute Gasteiger partial charge is 0.133 e. The van der Waals surface area contributed by atoms with Gasteiger partial charge in [-0.15, -0.1) is 11.8 Å². The van der Waals surface area contributed by atoms with Crippen LogP contribution in [-0.4, -0.2) is 12.4 Å². The van der Waals surface area contributed by atoms with Crippen molar-refractivity contribution < 1.29 is 4.74 Å². The highest BCUT2D eigenvalue weighted by Crippen LogP contribution is 2.29. The third-order valence-electron chi connectivity index (χ3n) is 2.48. The average Bonchev–Trinajstić information content (AvgIpc) is 2.40. The van der Waals surface area contributed by atoms with Gasteiger partial charge in [0.1, 0.15) is 5.75 Å². The highest BCUT2D eigenvalue weighted by atomic mass is 79.9. The lowest BCUT2D eigenvalue weighted by molar-refractivity contribution is 0.342. The predicted molar refractivity (Wildman–Crippen MR) is 91.2 cm³/mol. The summed E-state index contributed by atoms with van der Waals surface area (Å²) in [6.07, 6.45) is 0. The molecule has 0 heterocycles. The molecule has 0 aliphatic rings. The Hall–Kier alpha value is -0.550. The monoisotopic (exact) mass is 391 g/mol. The lowest BCUT2D eigenvalue weighted by Crippen LogP contribution is -2.00.